The number of methoxy groups -OCH3 is 2. The molecule has 15 nitrogen and oxygen atoms in total. The first kappa shape index (κ1) is 73.6. The van der Waals surface area contributed by atoms with Crippen LogP contribution >= 0.6 is 0 Å². The maximum atomic E-state index is 12.3. The van der Waals surface area contributed by atoms with Crippen LogP contribution < -0.4 is 10.6 Å². The van der Waals surface area contributed by atoms with Crippen molar-refractivity contribution in [2.24, 2.45) is 109 Å². The molecule has 2 saturated heterocycles. The third-order valence-corrected chi connectivity index (χ3v) is 26.6. The first-order valence-corrected chi connectivity index (χ1v) is 30.2. The van der Waals surface area contributed by atoms with Gasteiger partial charge in [-0.3, -0.25) is 10.1 Å². The van der Waals surface area contributed by atoms with E-state index in [1.54, 1.807) is 6.92 Å². The van der Waals surface area contributed by atoms with Crippen LogP contribution in [-0.4, -0.2) is 119 Å². The molecule has 0 aromatic carbocycles. The number of carboxylic acid groups (broad SMARTS) is 1. The molecule has 0 spiro atoms. The zero-order valence-electron chi connectivity index (χ0n) is 54.4. The van der Waals surface area contributed by atoms with Gasteiger partial charge in [0.2, 0.25) is 0 Å². The van der Waals surface area contributed by atoms with E-state index in [2.05, 4.69) is 140 Å². The van der Waals surface area contributed by atoms with E-state index in [0.717, 1.165) is 25.7 Å². The minimum Gasteiger partial charge on any atom is -0.481 e. The Morgan fingerprint density at radius 2 is 0.975 bits per heavy atom. The fraction of sp³-hybridized carbons (Fsp3) is 0.891. The van der Waals surface area contributed by atoms with Crippen molar-refractivity contribution in [3.05, 3.63) is 22.3 Å². The number of hydrogen-bond donors (Lipinski definition) is 7. The Balaban J connectivity index is 0.000000293. The van der Waals surface area contributed by atoms with Gasteiger partial charge in [0.05, 0.1) is 51.7 Å². The summed E-state index contributed by atoms with van der Waals surface area (Å²) in [5.74, 6) is 1.33. The number of carbonyl (C=O) groups excluding carboxylic acids is 2. The number of amides is 2. The van der Waals surface area contributed by atoms with Crippen LogP contribution in [0.15, 0.2) is 22.3 Å². The topological polar surface area (TPSA) is 223 Å². The number of allylic oxidation sites excluding steroid dienone is 2. The number of aliphatic hydroxyl groups excluding tert-OH is 1. The molecular weight excluding hydrogens is 1460 g/mol. The van der Waals surface area contributed by atoms with Gasteiger partial charge in [0.1, 0.15) is 17.3 Å². The van der Waals surface area contributed by atoms with Gasteiger partial charge in [-0.2, -0.15) is 0 Å². The number of aliphatic carboxylic acids is 1. The van der Waals surface area contributed by atoms with Gasteiger partial charge in [0.25, 0.3) is 0 Å². The molecule has 6 aliphatic carbocycles. The van der Waals surface area contributed by atoms with Gasteiger partial charge < -0.3 is 50.0 Å². The largest absolute Gasteiger partial charge is 0.481 e. The van der Waals surface area contributed by atoms with E-state index < -0.39 is 47.4 Å². The van der Waals surface area contributed by atoms with Gasteiger partial charge >= 0.3 is 18.2 Å². The monoisotopic (exact) mass is 1570 g/mol. The first-order valence-electron chi connectivity index (χ1n) is 30.2. The first-order chi connectivity index (χ1) is 36.2. The van der Waals surface area contributed by atoms with Crippen LogP contribution in [-0.2, 0) is 28.6 Å². The average Bonchev–Trinajstić information content (AvgIpc) is 3.37. The predicted octanol–water partition coefficient (Wildman–Crippen LogP) is 11.6. The van der Waals surface area contributed by atoms with Crippen LogP contribution in [0.5, 0.6) is 0 Å². The Labute approximate surface area is 559 Å². The van der Waals surface area contributed by atoms with Gasteiger partial charge in [0, 0.05) is 124 Å². The average molecular weight is 1570 g/mol. The second-order valence-corrected chi connectivity index (χ2v) is 29.5. The smallest absolute Gasteiger partial charge is 0.407 e. The molecule has 7 N–H and O–H groups in total. The van der Waals surface area contributed by atoms with Gasteiger partial charge in [-0.05, 0) is 146 Å². The van der Waals surface area contributed by atoms with Crippen molar-refractivity contribution in [3.63, 3.8) is 0 Å². The van der Waals surface area contributed by atoms with Crippen molar-refractivity contribution >= 4 is 18.2 Å². The van der Waals surface area contributed by atoms with E-state index >= 15 is 0 Å². The van der Waals surface area contributed by atoms with Crippen LogP contribution in [0.25, 0.3) is 0 Å². The Kier molecular flexibility index (Phi) is 23.5. The van der Waals surface area contributed by atoms with Gasteiger partial charge in [0.15, 0.2) is 0 Å². The molecule has 4 bridgehead atoms. The Bertz CT molecular complexity index is 2350. The molecule has 20 unspecified atom stereocenters. The summed E-state index contributed by atoms with van der Waals surface area (Å²) in [7, 11) is 2.59. The molecule has 8 rings (SSSR count). The summed E-state index contributed by atoms with van der Waals surface area (Å²) < 4.78 is 21.1. The fourth-order valence-corrected chi connectivity index (χ4v) is 19.6. The summed E-state index contributed by atoms with van der Waals surface area (Å²) in [6.07, 6.45) is 1.34. The molecule has 0 aromatic heterocycles. The number of fused-ring (bicyclic) bond motifs is 10. The van der Waals surface area contributed by atoms with E-state index in [1.165, 1.54) is 43.4 Å². The molecule has 8 aliphatic rings. The number of carbonyl (C=O) groups is 3. The number of alkyl carbamates (subject to hydrolysis) is 2. The minimum absolute atomic E-state index is 0. The van der Waals surface area contributed by atoms with Crippen LogP contribution in [0.2, 0.25) is 0 Å². The SMILES string of the molecule is CC1=C2C(C)C(C)[C@]3(C)C(C)CC4OC[C@@]4(O)C3C(C)C(C)(CC1O)C2(C)C.COC(=O)NC(C)C(C)C(=O)O.COC(=O)NC(C)C(C)[C@@H](OO)C1CC2(C)C(C)C3[C@]4(O)COC4CC(C)[C@@]3(C)C(C)C(C)C(=C1C)C2(C)C.[Ac].[Ac]. The summed E-state index contributed by atoms with van der Waals surface area (Å²) in [4.78, 5) is 38.3. The van der Waals surface area contributed by atoms with Crippen molar-refractivity contribution in [1.82, 2.24) is 10.6 Å². The van der Waals surface area contributed by atoms with Crippen LogP contribution in [0, 0.1) is 198 Å². The van der Waals surface area contributed by atoms with Crippen molar-refractivity contribution < 1.29 is 152 Å². The molecule has 6 fully saturated rings. The molecule has 460 valence electrons. The second kappa shape index (κ2) is 25.9. The maximum absolute atomic E-state index is 12.3. The van der Waals surface area contributed by atoms with E-state index in [1.807, 2.05) is 13.8 Å². The predicted molar refractivity (Wildman–Crippen MR) is 306 cm³/mol. The summed E-state index contributed by atoms with van der Waals surface area (Å²) >= 11 is 0. The van der Waals surface area contributed by atoms with E-state index in [-0.39, 0.29) is 180 Å². The van der Waals surface area contributed by atoms with Gasteiger partial charge in [-0.1, -0.05) is 134 Å². The van der Waals surface area contributed by atoms with Crippen LogP contribution in [0.4, 0.5) is 9.59 Å². The van der Waals surface area contributed by atoms with Crippen molar-refractivity contribution in [1.29, 1.82) is 0 Å². The fourth-order valence-electron chi connectivity index (χ4n) is 19.6. The molecule has 2 aliphatic heterocycles. The molecule has 25 atom stereocenters. The van der Waals surface area contributed by atoms with E-state index in [4.69, 9.17) is 24.2 Å². The van der Waals surface area contributed by atoms with E-state index in [0.29, 0.717) is 48.7 Å². The third-order valence-electron chi connectivity index (χ3n) is 26.6. The molecule has 81 heavy (non-hydrogen) atoms. The number of nitrogens with one attached hydrogen (secondary N) is 2. The summed E-state index contributed by atoms with van der Waals surface area (Å²) in [5.41, 5.74) is 3.47. The van der Waals surface area contributed by atoms with Crippen LogP contribution in [0.1, 0.15) is 178 Å². The van der Waals surface area contributed by atoms with Crippen molar-refractivity contribution in [2.75, 3.05) is 27.4 Å². The molecule has 2 heterocycles. The number of aliphatic hydroxyl groups is 3. The molecule has 17 heteroatoms. The van der Waals surface area contributed by atoms with Crippen LogP contribution in [0.3, 0.4) is 0 Å². The van der Waals surface area contributed by atoms with E-state index in [9.17, 15) is 35.0 Å². The molecule has 4 saturated carbocycles. The molecule has 0 aromatic rings. The Morgan fingerprint density at radius 1 is 0.605 bits per heavy atom. The van der Waals surface area contributed by atoms with Crippen molar-refractivity contribution in [3.8, 4) is 0 Å². The second-order valence-electron chi connectivity index (χ2n) is 29.5. The maximum Gasteiger partial charge on any atom is 0.407 e. The third kappa shape index (κ3) is 11.5. The Hall–Kier alpha value is 0.0931. The quantitative estimate of drug-likeness (QED) is 0.0684. The normalized spacial score (nSPS) is 45.1. The number of ether oxygens (including phenoxy) is 4. The molecule has 2 radical (unpaired) electrons. The standard InChI is InChI=1S/C32H55NO6.C25H42O3.C7H13NO4.2Ac/c1-16-13-24-32(35,15-38-24)27-21(6)30(10)14-23(26(39-36)18(3)22(7)33-28(34)37-12)19(4)25(29(30,8)9)17(2)20(5)31(16,27)11;1-13-10-19-25(27,12-28-19)21-17(5)23(8)11-18(26)15(3)20(22(23,6)7)14(2)16(4)24(13,21)9;1-4(6(9)10)5(2)8-7(11)12-3;;/h16-18,20-24,26-27,35-36H,13-15H2,1-12H3,(H,33,34);13-14,16-19,21,26-27H,10-12H2,1-9H3;4-5H,1-3H3,(H,8,11)(H,9,10);;/t16?,17?,18?,20?,21?,22?,23?,24?,26-,27?,30?,31+,32+;13?,14?,16?,17?,18?,19?,21?,23?,24-,25-;;;/m10.../s1. The number of hydrogen-bond acceptors (Lipinski definition) is 12. The summed E-state index contributed by atoms with van der Waals surface area (Å²) in [6.45, 7) is 50.7. The molecule has 2 amide bonds. The Morgan fingerprint density at radius 3 is 1.32 bits per heavy atom. The summed E-state index contributed by atoms with van der Waals surface area (Å²) in [6, 6.07) is -0.695. The van der Waals surface area contributed by atoms with Crippen molar-refractivity contribution in [2.45, 2.75) is 226 Å². The zero-order chi connectivity index (χ0) is 60.2. The summed E-state index contributed by atoms with van der Waals surface area (Å²) in [5, 5.41) is 59.4. The zero-order valence-corrected chi connectivity index (χ0v) is 63.9. The number of carboxylic acids is 1. The van der Waals surface area contributed by atoms with Gasteiger partial charge in [-0.25, -0.2) is 14.5 Å². The number of rotatable bonds is 8. The van der Waals surface area contributed by atoms with Gasteiger partial charge in [-0.15, -0.1) is 0 Å². The minimum atomic E-state index is -0.945. The molecular formula is C64H110Ac2N2O13.